The van der Waals surface area contributed by atoms with E-state index in [1.165, 1.54) is 12.1 Å². The normalized spacial score (nSPS) is 14.5. The lowest BCUT2D eigenvalue weighted by Gasteiger charge is -2.35. The number of nitrogens with zero attached hydrogens (tertiary/aromatic N) is 5. The Morgan fingerprint density at radius 2 is 1.73 bits per heavy atom. The second-order valence-electron chi connectivity index (χ2n) is 7.61. The van der Waals surface area contributed by atoms with E-state index in [-0.39, 0.29) is 11.9 Å². The van der Waals surface area contributed by atoms with Gasteiger partial charge < -0.3 is 19.3 Å². The van der Waals surface area contributed by atoms with Crippen molar-refractivity contribution in [3.63, 3.8) is 0 Å². The zero-order valence-corrected chi connectivity index (χ0v) is 21.1. The van der Waals surface area contributed by atoms with Gasteiger partial charge in [0.15, 0.2) is 5.82 Å². The molecule has 1 aromatic heterocycles. The molecule has 162 valence electrons. The van der Waals surface area contributed by atoms with Crippen LogP contribution in [0.4, 0.5) is 21.0 Å². The standard InChI is InChI=1S/C19H22FI2N5O3/c1-19(2,3)30-18(28)26-10-8-25(9-11-26)17-23-15(27(21)22)12-16(24-17)29-14-6-4-13(20)5-7-14/h4-7,12H,8-11H2,1-3H3. The third kappa shape index (κ3) is 6.43. The number of anilines is 2. The highest BCUT2D eigenvalue weighted by atomic mass is 127. The van der Waals surface area contributed by atoms with Gasteiger partial charge in [-0.25, -0.2) is 10.5 Å². The van der Waals surface area contributed by atoms with Crippen LogP contribution in [0, 0.1) is 5.82 Å². The van der Waals surface area contributed by atoms with Crippen molar-refractivity contribution in [1.82, 2.24) is 14.9 Å². The van der Waals surface area contributed by atoms with Gasteiger partial charge in [-0.05, 0) is 45.0 Å². The van der Waals surface area contributed by atoms with Gasteiger partial charge in [0.1, 0.15) is 17.2 Å². The molecule has 2 aromatic rings. The first-order valence-corrected chi connectivity index (χ1v) is 11.2. The Balaban J connectivity index is 1.73. The van der Waals surface area contributed by atoms with Crippen LogP contribution in [0.5, 0.6) is 11.6 Å². The van der Waals surface area contributed by atoms with E-state index < -0.39 is 5.60 Å². The number of ether oxygens (including phenoxy) is 2. The molecule has 2 heterocycles. The Morgan fingerprint density at radius 1 is 1.10 bits per heavy atom. The van der Waals surface area contributed by atoms with Crippen LogP contribution < -0.4 is 11.0 Å². The third-order valence-corrected chi connectivity index (χ3v) is 5.09. The van der Waals surface area contributed by atoms with Gasteiger partial charge in [0.05, 0.1) is 45.7 Å². The van der Waals surface area contributed by atoms with Gasteiger partial charge in [-0.3, -0.25) is 0 Å². The Labute approximate surface area is 202 Å². The van der Waals surface area contributed by atoms with Crippen LogP contribution in [0.2, 0.25) is 0 Å². The van der Waals surface area contributed by atoms with Gasteiger partial charge in [0, 0.05) is 32.2 Å². The molecule has 1 amide bonds. The molecule has 11 heteroatoms. The monoisotopic (exact) mass is 641 g/mol. The molecule has 3 rings (SSSR count). The van der Waals surface area contributed by atoms with Crippen molar-refractivity contribution < 1.29 is 18.7 Å². The Bertz CT molecular complexity index is 885. The first kappa shape index (κ1) is 23.0. The lowest BCUT2D eigenvalue weighted by Crippen LogP contribution is -2.50. The molecule has 0 unspecified atom stereocenters. The van der Waals surface area contributed by atoms with Gasteiger partial charge in [-0.2, -0.15) is 9.97 Å². The summed E-state index contributed by atoms with van der Waals surface area (Å²) < 4.78 is 26.2. The number of carbonyl (C=O) groups excluding carboxylic acids is 1. The van der Waals surface area contributed by atoms with E-state index in [1.807, 2.05) is 25.7 Å². The minimum Gasteiger partial charge on any atom is -0.444 e. The number of amides is 1. The highest BCUT2D eigenvalue weighted by Gasteiger charge is 2.27. The molecular formula is C19H22FI2N5O3. The summed E-state index contributed by atoms with van der Waals surface area (Å²) in [6.07, 6.45) is -0.317. The highest BCUT2D eigenvalue weighted by Crippen LogP contribution is 2.30. The Kier molecular flexibility index (Phi) is 7.42. The van der Waals surface area contributed by atoms with E-state index in [4.69, 9.17) is 9.47 Å². The second-order valence-corrected chi connectivity index (χ2v) is 11.4. The molecule has 0 aliphatic carbocycles. The lowest BCUT2D eigenvalue weighted by atomic mass is 10.2. The van der Waals surface area contributed by atoms with E-state index in [0.29, 0.717) is 49.6 Å². The number of carbonyl (C=O) groups is 1. The van der Waals surface area contributed by atoms with Crippen LogP contribution in [0.3, 0.4) is 0 Å². The summed E-state index contributed by atoms with van der Waals surface area (Å²) in [4.78, 5) is 25.1. The fourth-order valence-corrected chi connectivity index (χ4v) is 3.21. The second kappa shape index (κ2) is 9.66. The molecule has 8 nitrogen and oxygen atoms in total. The summed E-state index contributed by atoms with van der Waals surface area (Å²) in [5, 5.41) is 0. The maximum Gasteiger partial charge on any atom is 0.410 e. The van der Waals surface area contributed by atoms with Crippen LogP contribution in [0.1, 0.15) is 20.8 Å². The minimum atomic E-state index is -0.526. The van der Waals surface area contributed by atoms with Gasteiger partial charge in [-0.15, -0.1) is 0 Å². The van der Waals surface area contributed by atoms with E-state index in [2.05, 4.69) is 55.7 Å². The van der Waals surface area contributed by atoms with Crippen molar-refractivity contribution >= 4 is 63.6 Å². The van der Waals surface area contributed by atoms with Crippen molar-refractivity contribution in [2.24, 2.45) is 0 Å². The lowest BCUT2D eigenvalue weighted by molar-refractivity contribution is 0.0240. The van der Waals surface area contributed by atoms with Gasteiger partial charge in [-0.1, -0.05) is 0 Å². The van der Waals surface area contributed by atoms with E-state index in [9.17, 15) is 9.18 Å². The molecule has 0 radical (unpaired) electrons. The topological polar surface area (TPSA) is 71.0 Å². The molecule has 0 spiro atoms. The number of piperazine rings is 1. The van der Waals surface area contributed by atoms with Crippen molar-refractivity contribution in [2.75, 3.05) is 32.4 Å². The zero-order valence-electron chi connectivity index (χ0n) is 16.8. The summed E-state index contributed by atoms with van der Waals surface area (Å²) in [6, 6.07) is 7.46. The van der Waals surface area contributed by atoms with Crippen molar-refractivity contribution in [3.05, 3.63) is 36.1 Å². The smallest absolute Gasteiger partial charge is 0.410 e. The van der Waals surface area contributed by atoms with Crippen molar-refractivity contribution in [2.45, 2.75) is 26.4 Å². The average molecular weight is 641 g/mol. The number of rotatable bonds is 4. The highest BCUT2D eigenvalue weighted by molar-refractivity contribution is 14.2. The van der Waals surface area contributed by atoms with Gasteiger partial charge in [0.25, 0.3) is 0 Å². The largest absolute Gasteiger partial charge is 0.444 e. The van der Waals surface area contributed by atoms with Crippen LogP contribution in [0.25, 0.3) is 0 Å². The molecule has 0 bridgehead atoms. The van der Waals surface area contributed by atoms with Crippen LogP contribution in [0.15, 0.2) is 30.3 Å². The van der Waals surface area contributed by atoms with Crippen molar-refractivity contribution in [1.29, 1.82) is 0 Å². The molecule has 1 saturated heterocycles. The zero-order chi connectivity index (χ0) is 21.9. The first-order chi connectivity index (χ1) is 14.1. The summed E-state index contributed by atoms with van der Waals surface area (Å²) in [7, 11) is 0. The predicted octanol–water partition coefficient (Wildman–Crippen LogP) is 4.97. The van der Waals surface area contributed by atoms with Crippen LogP contribution in [-0.4, -0.2) is 52.7 Å². The average Bonchev–Trinajstić information content (AvgIpc) is 2.68. The summed E-state index contributed by atoms with van der Waals surface area (Å²) >= 11 is 4.22. The molecule has 0 N–H and O–H groups in total. The van der Waals surface area contributed by atoms with E-state index >= 15 is 0 Å². The fourth-order valence-electron chi connectivity index (χ4n) is 2.72. The summed E-state index contributed by atoms with van der Waals surface area (Å²) in [5.41, 5.74) is -0.526. The first-order valence-electron chi connectivity index (χ1n) is 9.28. The molecule has 1 aromatic carbocycles. The number of aromatic nitrogens is 2. The van der Waals surface area contributed by atoms with Crippen LogP contribution >= 0.6 is 45.7 Å². The fraction of sp³-hybridized carbons (Fsp3) is 0.421. The Hall–Kier alpha value is -1.64. The number of halogens is 3. The molecule has 30 heavy (non-hydrogen) atoms. The number of hydrogen-bond donors (Lipinski definition) is 0. The molecule has 1 aliphatic heterocycles. The molecule has 0 saturated carbocycles. The molecule has 0 atom stereocenters. The maximum absolute atomic E-state index is 13.1. The summed E-state index contributed by atoms with van der Waals surface area (Å²) in [6.45, 7) is 7.71. The quantitative estimate of drug-likeness (QED) is 0.345. The molecule has 1 fully saturated rings. The van der Waals surface area contributed by atoms with Gasteiger partial charge in [0.2, 0.25) is 11.8 Å². The minimum absolute atomic E-state index is 0.317. The number of benzene rings is 1. The van der Waals surface area contributed by atoms with E-state index in [1.54, 1.807) is 24.4 Å². The SMILES string of the molecule is CC(C)(C)OC(=O)N1CCN(c2nc(Oc3ccc(F)cc3)cc(N(I)I)n2)CC1. The number of hydrogen-bond acceptors (Lipinski definition) is 7. The molecular weight excluding hydrogens is 619 g/mol. The van der Waals surface area contributed by atoms with E-state index in [0.717, 1.165) is 0 Å². The maximum atomic E-state index is 13.1. The van der Waals surface area contributed by atoms with Gasteiger partial charge >= 0.3 is 6.09 Å². The Morgan fingerprint density at radius 3 is 2.30 bits per heavy atom. The summed E-state index contributed by atoms with van der Waals surface area (Å²) in [5.74, 6) is 1.67. The van der Waals surface area contributed by atoms with Crippen molar-refractivity contribution in [3.8, 4) is 11.6 Å². The third-order valence-electron chi connectivity index (χ3n) is 4.10. The van der Waals surface area contributed by atoms with Crippen LogP contribution in [-0.2, 0) is 4.74 Å². The predicted molar refractivity (Wildman–Crippen MR) is 129 cm³/mol. The molecule has 1 aliphatic rings.